The van der Waals surface area contributed by atoms with Gasteiger partial charge in [0.25, 0.3) is 0 Å². The minimum atomic E-state index is -3.27. The molecule has 33 heavy (non-hydrogen) atoms. The van der Waals surface area contributed by atoms with Crippen molar-refractivity contribution >= 4 is 41.1 Å². The van der Waals surface area contributed by atoms with E-state index in [9.17, 15) is 14.1 Å². The number of halogens is 1. The summed E-state index contributed by atoms with van der Waals surface area (Å²) in [6.45, 7) is 12.0. The minimum absolute atomic E-state index is 0.0571. The number of nitrogens with zero attached hydrogens (tertiary/aromatic N) is 2. The highest BCUT2D eigenvalue weighted by Gasteiger charge is 2.59. The number of carboxylic acid groups (broad SMARTS) is 1. The number of hydrogen-bond acceptors (Lipinski definition) is 5. The number of hydrogen-bond donors (Lipinski definition) is 5. The van der Waals surface area contributed by atoms with Crippen LogP contribution in [0.3, 0.4) is 0 Å². The second kappa shape index (κ2) is 8.74. The average Bonchev–Trinajstić information content (AvgIpc) is 2.75. The summed E-state index contributed by atoms with van der Waals surface area (Å²) >= 11 is 0. The van der Waals surface area contributed by atoms with Crippen LogP contribution in [-0.4, -0.2) is 50.8 Å². The number of rotatable bonds is 5. The maximum Gasteiger partial charge on any atom is 0.410 e. The Morgan fingerprint density at radius 2 is 1.94 bits per heavy atom. The molecule has 0 aromatic carbocycles. The van der Waals surface area contributed by atoms with Gasteiger partial charge in [-0.15, -0.1) is 0 Å². The minimum Gasteiger partial charge on any atom is -0.465 e. The number of nitrogens with two attached hydrogens (primary N) is 1. The normalized spacial score (nSPS) is 27.2. The molecule has 0 unspecified atom stereocenters. The van der Waals surface area contributed by atoms with Crippen LogP contribution in [-0.2, 0) is 15.7 Å². The Labute approximate surface area is 197 Å². The molecule has 0 aliphatic carbocycles. The van der Waals surface area contributed by atoms with Crippen molar-refractivity contribution in [3.05, 3.63) is 17.6 Å². The number of nitrogens with one attached hydrogen (secondary N) is 2. The van der Waals surface area contributed by atoms with Crippen LogP contribution in [0.2, 0.25) is 18.1 Å². The molecule has 2 aliphatic heterocycles. The van der Waals surface area contributed by atoms with Crippen LogP contribution in [0.4, 0.5) is 15.0 Å². The summed E-state index contributed by atoms with van der Waals surface area (Å²) in [5.74, 6) is -0.165. The highest BCUT2D eigenvalue weighted by atomic mass is 32.3. The van der Waals surface area contributed by atoms with Gasteiger partial charge < -0.3 is 10.8 Å². The van der Waals surface area contributed by atoms with E-state index in [1.807, 2.05) is 0 Å². The van der Waals surface area contributed by atoms with Crippen LogP contribution in [0.15, 0.2) is 11.1 Å². The summed E-state index contributed by atoms with van der Waals surface area (Å²) in [6.07, 6.45) is 0.0191. The Kier molecular flexibility index (Phi) is 6.82. The van der Waals surface area contributed by atoms with E-state index in [2.05, 4.69) is 35.8 Å². The number of amides is 1. The molecule has 1 aromatic heterocycles. The second-order valence-electron chi connectivity index (χ2n) is 9.92. The molecule has 3 heterocycles. The van der Waals surface area contributed by atoms with Crippen LogP contribution in [0.1, 0.15) is 60.1 Å². The molecule has 1 aromatic rings. The maximum atomic E-state index is 16.4. The Hall–Kier alpha value is -1.85. The van der Waals surface area contributed by atoms with Gasteiger partial charge in [0.15, 0.2) is 0 Å². The summed E-state index contributed by atoms with van der Waals surface area (Å²) in [7, 11) is -5.44. The lowest BCUT2D eigenvalue weighted by Gasteiger charge is -2.56. The number of nitrogen functional groups attached to an aromatic ring is 1. The number of pyridine rings is 1. The standard InChI is InChI=1S/C22H38FN5O3SSi/c1-7-33(8-2,9-3)14-13-16(24)26-18(17(14)23)22(6)15-11-10-12-25-32(15,31)21(4,5)19(28-22)27-20(29)30/h13,15,32H,7-12H2,1-6H3,(H2,24,26)(H,25,31)(H,27,28)(H,29,30)/t15-,22-/m0/s1. The zero-order chi connectivity index (χ0) is 24.8. The summed E-state index contributed by atoms with van der Waals surface area (Å²) < 4.78 is 33.0. The van der Waals surface area contributed by atoms with Crippen molar-refractivity contribution in [1.82, 2.24) is 15.0 Å². The predicted molar refractivity (Wildman–Crippen MR) is 136 cm³/mol. The smallest absolute Gasteiger partial charge is 0.410 e. The molecule has 0 saturated carbocycles. The number of thiol groups is 1. The summed E-state index contributed by atoms with van der Waals surface area (Å²) in [5.41, 5.74) is 4.96. The van der Waals surface area contributed by atoms with Gasteiger partial charge in [-0.1, -0.05) is 38.9 Å². The largest absolute Gasteiger partial charge is 0.465 e. The molecule has 1 fully saturated rings. The van der Waals surface area contributed by atoms with Crippen molar-refractivity contribution in [3.8, 4) is 0 Å². The van der Waals surface area contributed by atoms with E-state index in [4.69, 9.17) is 10.7 Å². The van der Waals surface area contributed by atoms with Gasteiger partial charge in [-0.25, -0.2) is 14.2 Å². The van der Waals surface area contributed by atoms with Gasteiger partial charge >= 0.3 is 6.09 Å². The van der Waals surface area contributed by atoms with Crippen molar-refractivity contribution in [3.63, 3.8) is 0 Å². The Balaban J connectivity index is 2.36. The van der Waals surface area contributed by atoms with E-state index in [0.717, 1.165) is 24.6 Å². The first kappa shape index (κ1) is 25.8. The molecule has 0 radical (unpaired) electrons. The Bertz CT molecular complexity index is 1020. The molecule has 2 aliphatic rings. The number of carbonyl (C=O) groups is 1. The van der Waals surface area contributed by atoms with Crippen LogP contribution < -0.4 is 21.0 Å². The molecular weight excluding hydrogens is 461 g/mol. The fourth-order valence-corrected chi connectivity index (χ4v) is 13.2. The van der Waals surface area contributed by atoms with Crippen molar-refractivity contribution in [2.75, 3.05) is 12.3 Å². The number of fused-ring (bicyclic) bond motifs is 1. The number of amidine groups is 1. The van der Waals surface area contributed by atoms with Crippen molar-refractivity contribution in [2.45, 2.75) is 88.1 Å². The monoisotopic (exact) mass is 499 g/mol. The molecule has 2 atom stereocenters. The SMILES string of the molecule is CC[Si](CC)(CC)c1cc(N)nc([C@@]2(C)N=C(NC(=O)O)C(C)(C)[SH]3(=O)NCCC[C@@H]23)c1F. The third-order valence-electron chi connectivity index (χ3n) is 8.13. The lowest BCUT2D eigenvalue weighted by atomic mass is 9.88. The van der Waals surface area contributed by atoms with Crippen molar-refractivity contribution in [1.29, 1.82) is 0 Å². The summed E-state index contributed by atoms with van der Waals surface area (Å²) in [6, 6.07) is 4.25. The topological polar surface area (TPSA) is 130 Å². The van der Waals surface area contributed by atoms with Crippen LogP contribution in [0.5, 0.6) is 0 Å². The molecule has 11 heteroatoms. The predicted octanol–water partition coefficient (Wildman–Crippen LogP) is 2.88. The second-order valence-corrected chi connectivity index (χ2v) is 18.5. The molecule has 0 spiro atoms. The molecule has 186 valence electrons. The van der Waals surface area contributed by atoms with E-state index >= 15 is 4.39 Å². The van der Waals surface area contributed by atoms with E-state index in [0.29, 0.717) is 18.2 Å². The zero-order valence-corrected chi connectivity index (χ0v) is 22.4. The van der Waals surface area contributed by atoms with Gasteiger partial charge in [0.2, 0.25) is 0 Å². The third kappa shape index (κ3) is 3.81. The quantitative estimate of drug-likeness (QED) is 0.314. The summed E-state index contributed by atoms with van der Waals surface area (Å²) in [4.78, 5) is 20.8. The molecule has 1 amide bonds. The van der Waals surface area contributed by atoms with Gasteiger partial charge in [-0.2, -0.15) is 0 Å². The first-order valence-corrected chi connectivity index (χ1v) is 16.1. The van der Waals surface area contributed by atoms with Gasteiger partial charge in [0.1, 0.15) is 28.7 Å². The van der Waals surface area contributed by atoms with E-state index in [1.54, 1.807) is 26.8 Å². The van der Waals surface area contributed by atoms with E-state index in [-0.39, 0.29) is 17.3 Å². The fraction of sp³-hybridized carbons (Fsp3) is 0.682. The third-order valence-corrected chi connectivity index (χ3v) is 17.9. The highest BCUT2D eigenvalue weighted by Crippen LogP contribution is 2.48. The molecule has 8 nitrogen and oxygen atoms in total. The van der Waals surface area contributed by atoms with Gasteiger partial charge in [0.05, 0.1) is 18.1 Å². The Morgan fingerprint density at radius 3 is 2.48 bits per heavy atom. The number of aromatic nitrogens is 1. The first-order valence-electron chi connectivity index (χ1n) is 11.7. The van der Waals surface area contributed by atoms with E-state index < -0.39 is 45.6 Å². The molecule has 0 bridgehead atoms. The molecular formula is C22H38FN5O3SSi. The lowest BCUT2D eigenvalue weighted by molar-refractivity contribution is 0.199. The Morgan fingerprint density at radius 1 is 1.33 bits per heavy atom. The first-order chi connectivity index (χ1) is 15.3. The van der Waals surface area contributed by atoms with Crippen LogP contribution in [0, 0.1) is 5.82 Å². The average molecular weight is 500 g/mol. The molecule has 5 N–H and O–H groups in total. The molecule has 3 rings (SSSR count). The maximum absolute atomic E-state index is 16.4. The van der Waals surface area contributed by atoms with Crippen LogP contribution >= 0.6 is 0 Å². The van der Waals surface area contributed by atoms with Gasteiger partial charge in [-0.3, -0.25) is 19.2 Å². The van der Waals surface area contributed by atoms with Crippen LogP contribution in [0.25, 0.3) is 0 Å². The van der Waals surface area contributed by atoms with Gasteiger partial charge in [0, 0.05) is 6.54 Å². The summed E-state index contributed by atoms with van der Waals surface area (Å²) in [5, 5.41) is 11.9. The zero-order valence-electron chi connectivity index (χ0n) is 20.5. The highest BCUT2D eigenvalue weighted by molar-refractivity contribution is 8.04. The molecule has 1 saturated heterocycles. The number of aliphatic imine (C=N–C) groups is 1. The van der Waals surface area contributed by atoms with Crippen molar-refractivity contribution in [2.24, 2.45) is 4.99 Å². The lowest BCUT2D eigenvalue weighted by Crippen LogP contribution is -2.70. The van der Waals surface area contributed by atoms with Gasteiger partial charge in [-0.05, 0) is 55.0 Å². The number of anilines is 1. The fourth-order valence-electron chi connectivity index (χ4n) is 5.74. The van der Waals surface area contributed by atoms with Crippen molar-refractivity contribution < 1.29 is 18.5 Å². The van der Waals surface area contributed by atoms with E-state index in [1.165, 1.54) is 0 Å².